The van der Waals surface area contributed by atoms with Gasteiger partial charge in [0.15, 0.2) is 5.15 Å². The smallest absolute Gasteiger partial charge is 0.228 e. The van der Waals surface area contributed by atoms with Crippen LogP contribution in [0.15, 0.2) is 36.5 Å². The predicted molar refractivity (Wildman–Crippen MR) is 80.1 cm³/mol. The Morgan fingerprint density at radius 1 is 1.30 bits per heavy atom. The third-order valence-corrected chi connectivity index (χ3v) is 2.90. The van der Waals surface area contributed by atoms with Gasteiger partial charge in [0.25, 0.3) is 0 Å². The number of amides is 1. The van der Waals surface area contributed by atoms with Crippen molar-refractivity contribution in [3.05, 3.63) is 47.2 Å². The van der Waals surface area contributed by atoms with Gasteiger partial charge in [0.05, 0.1) is 18.3 Å². The Hall–Kier alpha value is -2.14. The van der Waals surface area contributed by atoms with Crippen LogP contribution in [0.2, 0.25) is 5.15 Å². The second-order valence-corrected chi connectivity index (χ2v) is 4.84. The molecular formula is C14H15ClN4O. The number of benzene rings is 1. The molecular weight excluding hydrogens is 276 g/mol. The van der Waals surface area contributed by atoms with Gasteiger partial charge in [-0.25, -0.2) is 4.98 Å². The molecule has 0 aliphatic rings. The van der Waals surface area contributed by atoms with E-state index in [1.807, 2.05) is 44.4 Å². The van der Waals surface area contributed by atoms with Crippen molar-refractivity contribution in [1.29, 1.82) is 0 Å². The number of carbonyl (C=O) groups is 1. The number of hydrogen-bond acceptors (Lipinski definition) is 4. The summed E-state index contributed by atoms with van der Waals surface area (Å²) in [6.45, 7) is 0. The summed E-state index contributed by atoms with van der Waals surface area (Å²) in [6.07, 6.45) is 1.79. The third-order valence-electron chi connectivity index (χ3n) is 2.61. The van der Waals surface area contributed by atoms with E-state index < -0.39 is 0 Å². The topological polar surface area (TPSA) is 58.1 Å². The second-order valence-electron chi connectivity index (χ2n) is 4.48. The fourth-order valence-corrected chi connectivity index (χ4v) is 1.80. The van der Waals surface area contributed by atoms with Crippen LogP contribution in [-0.4, -0.2) is 30.0 Å². The Labute approximate surface area is 122 Å². The highest BCUT2D eigenvalue weighted by molar-refractivity contribution is 6.32. The monoisotopic (exact) mass is 290 g/mol. The molecule has 6 heteroatoms. The lowest BCUT2D eigenvalue weighted by molar-refractivity contribution is -0.115. The molecule has 0 saturated carbocycles. The Bertz CT molecular complexity index is 601. The summed E-state index contributed by atoms with van der Waals surface area (Å²) < 4.78 is 0. The molecule has 0 aliphatic heterocycles. The average molecular weight is 291 g/mol. The first-order valence-electron chi connectivity index (χ1n) is 6.10. The van der Waals surface area contributed by atoms with Crippen LogP contribution in [0, 0.1) is 0 Å². The minimum Gasteiger partial charge on any atom is -0.347 e. The predicted octanol–water partition coefficient (Wildman–Crippen LogP) is 2.38. The largest absolute Gasteiger partial charge is 0.347 e. The highest BCUT2D eigenvalue weighted by atomic mass is 35.5. The molecule has 0 unspecified atom stereocenters. The molecule has 1 aromatic heterocycles. The maximum absolute atomic E-state index is 11.9. The number of rotatable bonds is 4. The number of anilines is 2. The van der Waals surface area contributed by atoms with Crippen molar-refractivity contribution in [2.24, 2.45) is 0 Å². The van der Waals surface area contributed by atoms with Crippen LogP contribution in [0.5, 0.6) is 0 Å². The Balaban J connectivity index is 2.05. The molecule has 1 heterocycles. The maximum Gasteiger partial charge on any atom is 0.228 e. The number of carbonyl (C=O) groups excluding carboxylic acids is 1. The number of nitrogens with one attached hydrogen (secondary N) is 1. The van der Waals surface area contributed by atoms with Crippen molar-refractivity contribution in [2.75, 3.05) is 24.3 Å². The molecule has 0 fully saturated rings. The van der Waals surface area contributed by atoms with Crippen molar-refractivity contribution >= 4 is 29.1 Å². The van der Waals surface area contributed by atoms with Gasteiger partial charge >= 0.3 is 0 Å². The first-order valence-corrected chi connectivity index (χ1v) is 6.47. The minimum atomic E-state index is -0.153. The van der Waals surface area contributed by atoms with E-state index in [-0.39, 0.29) is 17.5 Å². The standard InChI is InChI=1S/C14H15ClN4O/c1-19(2)14-16-9-11(13(15)18-14)17-12(20)8-10-6-4-3-5-7-10/h3-7,9H,8H2,1-2H3,(H,17,20). The van der Waals surface area contributed by atoms with E-state index in [0.717, 1.165) is 5.56 Å². The highest BCUT2D eigenvalue weighted by Gasteiger charge is 2.10. The zero-order valence-electron chi connectivity index (χ0n) is 11.3. The van der Waals surface area contributed by atoms with Gasteiger partial charge < -0.3 is 10.2 Å². The SMILES string of the molecule is CN(C)c1ncc(NC(=O)Cc2ccccc2)c(Cl)n1. The zero-order valence-corrected chi connectivity index (χ0v) is 12.1. The van der Waals surface area contributed by atoms with Gasteiger partial charge in [0.2, 0.25) is 11.9 Å². The van der Waals surface area contributed by atoms with E-state index in [1.165, 1.54) is 6.20 Å². The first kappa shape index (κ1) is 14.3. The number of nitrogens with zero attached hydrogens (tertiary/aromatic N) is 3. The fourth-order valence-electron chi connectivity index (χ4n) is 1.63. The van der Waals surface area contributed by atoms with Gasteiger partial charge in [-0.3, -0.25) is 4.79 Å². The van der Waals surface area contributed by atoms with Crippen LogP contribution in [0.4, 0.5) is 11.6 Å². The molecule has 2 aromatic rings. The highest BCUT2D eigenvalue weighted by Crippen LogP contribution is 2.20. The van der Waals surface area contributed by atoms with Crippen LogP contribution < -0.4 is 10.2 Å². The molecule has 0 bridgehead atoms. The lowest BCUT2D eigenvalue weighted by atomic mass is 10.1. The van der Waals surface area contributed by atoms with Gasteiger partial charge in [-0.2, -0.15) is 4.98 Å². The fraction of sp³-hybridized carbons (Fsp3) is 0.214. The Morgan fingerprint density at radius 3 is 2.60 bits per heavy atom. The summed E-state index contributed by atoms with van der Waals surface area (Å²) in [5.74, 6) is 0.343. The van der Waals surface area contributed by atoms with Gasteiger partial charge in [-0.15, -0.1) is 0 Å². The second kappa shape index (κ2) is 6.34. The molecule has 1 aromatic carbocycles. The van der Waals surface area contributed by atoms with Crippen LogP contribution in [0.25, 0.3) is 0 Å². The lowest BCUT2D eigenvalue weighted by Crippen LogP contribution is -2.17. The van der Waals surface area contributed by atoms with E-state index in [2.05, 4.69) is 15.3 Å². The molecule has 0 saturated heterocycles. The van der Waals surface area contributed by atoms with E-state index in [1.54, 1.807) is 4.90 Å². The third kappa shape index (κ3) is 3.68. The molecule has 0 spiro atoms. The van der Waals surface area contributed by atoms with Gasteiger partial charge in [-0.1, -0.05) is 41.9 Å². The van der Waals surface area contributed by atoms with Crippen LogP contribution in [0.3, 0.4) is 0 Å². The molecule has 1 N–H and O–H groups in total. The molecule has 0 radical (unpaired) electrons. The molecule has 0 aliphatic carbocycles. The van der Waals surface area contributed by atoms with Crippen molar-refractivity contribution in [2.45, 2.75) is 6.42 Å². The van der Waals surface area contributed by atoms with E-state index in [4.69, 9.17) is 11.6 Å². The number of halogens is 1. The first-order chi connectivity index (χ1) is 9.56. The van der Waals surface area contributed by atoms with Crippen LogP contribution in [0.1, 0.15) is 5.56 Å². The van der Waals surface area contributed by atoms with Gasteiger partial charge in [0.1, 0.15) is 0 Å². The van der Waals surface area contributed by atoms with E-state index >= 15 is 0 Å². The van der Waals surface area contributed by atoms with E-state index in [9.17, 15) is 4.79 Å². The van der Waals surface area contributed by atoms with Gasteiger partial charge in [0, 0.05) is 14.1 Å². The number of aromatic nitrogens is 2. The summed E-state index contributed by atoms with van der Waals surface area (Å²) in [5.41, 5.74) is 1.35. The van der Waals surface area contributed by atoms with Crippen molar-refractivity contribution < 1.29 is 4.79 Å². The number of hydrogen-bond donors (Lipinski definition) is 1. The van der Waals surface area contributed by atoms with Crippen molar-refractivity contribution in [3.63, 3.8) is 0 Å². The summed E-state index contributed by atoms with van der Waals surface area (Å²) in [7, 11) is 3.64. The molecule has 20 heavy (non-hydrogen) atoms. The molecule has 104 valence electrons. The average Bonchev–Trinajstić information content (AvgIpc) is 2.42. The minimum absolute atomic E-state index is 0.153. The normalized spacial score (nSPS) is 10.2. The quantitative estimate of drug-likeness (QED) is 0.878. The Kier molecular flexibility index (Phi) is 4.53. The molecule has 5 nitrogen and oxygen atoms in total. The molecule has 1 amide bonds. The van der Waals surface area contributed by atoms with Crippen LogP contribution >= 0.6 is 11.6 Å². The maximum atomic E-state index is 11.9. The van der Waals surface area contributed by atoms with Crippen molar-refractivity contribution in [3.8, 4) is 0 Å². The molecule has 2 rings (SSSR count). The summed E-state index contributed by atoms with van der Waals surface area (Å²) in [5, 5.41) is 2.94. The molecule has 0 atom stereocenters. The van der Waals surface area contributed by atoms with Gasteiger partial charge in [-0.05, 0) is 5.56 Å². The van der Waals surface area contributed by atoms with Crippen molar-refractivity contribution in [1.82, 2.24) is 9.97 Å². The lowest BCUT2D eigenvalue weighted by Gasteiger charge is -2.12. The zero-order chi connectivity index (χ0) is 14.5. The summed E-state index contributed by atoms with van der Waals surface area (Å²) >= 11 is 6.03. The summed E-state index contributed by atoms with van der Waals surface area (Å²) in [4.78, 5) is 21.9. The summed E-state index contributed by atoms with van der Waals surface area (Å²) in [6, 6.07) is 9.49. The Morgan fingerprint density at radius 2 is 2.00 bits per heavy atom. The van der Waals surface area contributed by atoms with E-state index in [0.29, 0.717) is 11.6 Å². The van der Waals surface area contributed by atoms with Crippen LogP contribution in [-0.2, 0) is 11.2 Å².